The van der Waals surface area contributed by atoms with Crippen molar-refractivity contribution >= 4 is 28.3 Å². The SMILES string of the molecule is CCC1=C(c2ccccc2)[C@@]2(c3ccccc3)[C@]3(C)C(=O)[C@@](CC)(C(c4ccccc4)=C3c3ccccc3)[C@@]2(C)C1=O. The lowest BCUT2D eigenvalue weighted by Gasteiger charge is -2.56. The predicted molar refractivity (Wildman–Crippen MR) is 170 cm³/mol. The molecule has 0 spiro atoms. The third kappa shape index (κ3) is 2.72. The summed E-state index contributed by atoms with van der Waals surface area (Å²) in [5.74, 6) is 0.283. The van der Waals surface area contributed by atoms with Crippen LogP contribution in [0.4, 0.5) is 0 Å². The van der Waals surface area contributed by atoms with Gasteiger partial charge in [0.1, 0.15) is 0 Å². The molecule has 1 fully saturated rings. The Kier molecular flexibility index (Phi) is 5.76. The van der Waals surface area contributed by atoms with Crippen molar-refractivity contribution in [3.8, 4) is 0 Å². The van der Waals surface area contributed by atoms with Gasteiger partial charge in [-0.15, -0.1) is 0 Å². The molecule has 7 rings (SSSR count). The number of allylic oxidation sites excluding steroid dienone is 4. The van der Waals surface area contributed by atoms with Crippen molar-refractivity contribution in [1.82, 2.24) is 0 Å². The zero-order valence-electron chi connectivity index (χ0n) is 24.8. The van der Waals surface area contributed by atoms with Gasteiger partial charge < -0.3 is 0 Å². The van der Waals surface area contributed by atoms with Gasteiger partial charge in [-0.3, -0.25) is 9.59 Å². The molecule has 2 nitrogen and oxygen atoms in total. The second-order valence-electron chi connectivity index (χ2n) is 12.3. The first-order valence-electron chi connectivity index (χ1n) is 15.2. The van der Waals surface area contributed by atoms with E-state index in [4.69, 9.17) is 0 Å². The van der Waals surface area contributed by atoms with Gasteiger partial charge >= 0.3 is 0 Å². The smallest absolute Gasteiger partial charge is 0.167 e. The Morgan fingerprint density at radius 2 is 0.976 bits per heavy atom. The van der Waals surface area contributed by atoms with E-state index in [0.29, 0.717) is 12.8 Å². The number of Topliss-reactive ketones (excluding diaryl/α,β-unsaturated/α-hetero) is 2. The Balaban J connectivity index is 1.76. The van der Waals surface area contributed by atoms with Crippen LogP contribution < -0.4 is 0 Å². The Labute approximate surface area is 248 Å². The van der Waals surface area contributed by atoms with Crippen LogP contribution in [0.3, 0.4) is 0 Å². The summed E-state index contributed by atoms with van der Waals surface area (Å²) in [6.45, 7) is 8.49. The fourth-order valence-corrected chi connectivity index (χ4v) is 9.74. The second kappa shape index (κ2) is 9.10. The van der Waals surface area contributed by atoms with E-state index in [2.05, 4.69) is 100 Å². The molecule has 2 bridgehead atoms. The number of fused-ring (bicyclic) bond motifs is 5. The normalized spacial score (nSPS) is 29.9. The fourth-order valence-electron chi connectivity index (χ4n) is 9.74. The fraction of sp³-hybridized carbons (Fsp3) is 0.250. The molecular formula is C40H36O2. The van der Waals surface area contributed by atoms with Gasteiger partial charge in [0.05, 0.1) is 21.7 Å². The maximum atomic E-state index is 15.7. The molecule has 0 aromatic heterocycles. The average Bonchev–Trinajstić information content (AvgIpc) is 3.45. The molecule has 42 heavy (non-hydrogen) atoms. The van der Waals surface area contributed by atoms with E-state index in [1.54, 1.807) is 0 Å². The van der Waals surface area contributed by atoms with Crippen molar-refractivity contribution in [1.29, 1.82) is 0 Å². The van der Waals surface area contributed by atoms with E-state index in [9.17, 15) is 0 Å². The zero-order valence-corrected chi connectivity index (χ0v) is 24.8. The van der Waals surface area contributed by atoms with E-state index in [1.807, 2.05) is 48.5 Å². The van der Waals surface area contributed by atoms with Crippen LogP contribution in [0.25, 0.3) is 16.7 Å². The Morgan fingerprint density at radius 3 is 1.43 bits per heavy atom. The molecule has 3 aliphatic carbocycles. The third-order valence-corrected chi connectivity index (χ3v) is 11.1. The maximum Gasteiger partial charge on any atom is 0.167 e. The monoisotopic (exact) mass is 548 g/mol. The number of hydrogen-bond acceptors (Lipinski definition) is 2. The summed E-state index contributed by atoms with van der Waals surface area (Å²) >= 11 is 0. The van der Waals surface area contributed by atoms with Gasteiger partial charge in [-0.2, -0.15) is 0 Å². The van der Waals surface area contributed by atoms with Crippen molar-refractivity contribution in [2.75, 3.05) is 0 Å². The average molecular weight is 549 g/mol. The first-order chi connectivity index (χ1) is 20.4. The summed E-state index contributed by atoms with van der Waals surface area (Å²) in [6.07, 6.45) is 1.15. The van der Waals surface area contributed by atoms with Crippen LogP contribution in [-0.2, 0) is 15.0 Å². The summed E-state index contributed by atoms with van der Waals surface area (Å²) in [7, 11) is 0. The van der Waals surface area contributed by atoms with Crippen LogP contribution in [0, 0.1) is 16.2 Å². The molecule has 4 aromatic rings. The van der Waals surface area contributed by atoms with Gasteiger partial charge in [-0.1, -0.05) is 135 Å². The van der Waals surface area contributed by atoms with Crippen LogP contribution in [-0.4, -0.2) is 11.6 Å². The summed E-state index contributed by atoms with van der Waals surface area (Å²) in [5, 5.41) is 0. The van der Waals surface area contributed by atoms with Gasteiger partial charge in [0.2, 0.25) is 0 Å². The molecule has 4 aromatic carbocycles. The number of ketones is 2. The topological polar surface area (TPSA) is 34.1 Å². The minimum atomic E-state index is -1.03. The lowest BCUT2D eigenvalue weighted by Crippen LogP contribution is -2.56. The standard InChI is InChI=1S/C40H36O2/c1-5-31-32(27-19-11-7-12-20-27)40(30-25-17-10-18-26-30)37(3)33(28-21-13-8-14-22-28)34(29-23-15-9-16-24-29)39(6-2,36(37)42)38(40,4)35(31)41/h7-26H,5-6H2,1-4H3/t37-,38+,39+,40-/m0/s1. The number of carbonyl (C=O) groups is 2. The van der Waals surface area contributed by atoms with Crippen LogP contribution in [0.5, 0.6) is 0 Å². The highest BCUT2D eigenvalue weighted by atomic mass is 16.1. The first-order valence-corrected chi connectivity index (χ1v) is 15.2. The quantitative estimate of drug-likeness (QED) is 0.241. The molecular weight excluding hydrogens is 512 g/mol. The molecule has 0 saturated heterocycles. The maximum absolute atomic E-state index is 15.7. The van der Waals surface area contributed by atoms with E-state index < -0.39 is 21.7 Å². The largest absolute Gasteiger partial charge is 0.298 e. The van der Waals surface area contributed by atoms with Gasteiger partial charge in [-0.05, 0) is 65.7 Å². The van der Waals surface area contributed by atoms with Crippen molar-refractivity contribution < 1.29 is 9.59 Å². The van der Waals surface area contributed by atoms with E-state index >= 15 is 9.59 Å². The van der Waals surface area contributed by atoms with Crippen LogP contribution in [0.15, 0.2) is 127 Å². The molecule has 0 radical (unpaired) electrons. The number of carbonyl (C=O) groups excluding carboxylic acids is 2. The molecule has 0 unspecified atom stereocenters. The van der Waals surface area contributed by atoms with Gasteiger partial charge in [-0.25, -0.2) is 0 Å². The van der Waals surface area contributed by atoms with Gasteiger partial charge in [0.15, 0.2) is 11.6 Å². The first kappa shape index (κ1) is 26.6. The number of benzene rings is 4. The predicted octanol–water partition coefficient (Wildman–Crippen LogP) is 8.99. The molecule has 4 atom stereocenters. The van der Waals surface area contributed by atoms with Gasteiger partial charge in [0.25, 0.3) is 0 Å². The van der Waals surface area contributed by atoms with Crippen molar-refractivity contribution in [2.24, 2.45) is 16.2 Å². The van der Waals surface area contributed by atoms with Crippen molar-refractivity contribution in [3.63, 3.8) is 0 Å². The summed E-state index contributed by atoms with van der Waals surface area (Å²) in [4.78, 5) is 31.0. The Hall–Kier alpha value is -4.30. The van der Waals surface area contributed by atoms with Crippen molar-refractivity contribution in [3.05, 3.63) is 149 Å². The van der Waals surface area contributed by atoms with Crippen molar-refractivity contribution in [2.45, 2.75) is 46.0 Å². The highest BCUT2D eigenvalue weighted by molar-refractivity contribution is 6.33. The molecule has 3 aliphatic rings. The highest BCUT2D eigenvalue weighted by Gasteiger charge is 2.89. The molecule has 0 N–H and O–H groups in total. The van der Waals surface area contributed by atoms with E-state index in [-0.39, 0.29) is 11.6 Å². The van der Waals surface area contributed by atoms with Gasteiger partial charge in [0, 0.05) is 5.57 Å². The molecule has 208 valence electrons. The molecule has 0 aliphatic heterocycles. The number of rotatable bonds is 6. The number of hydrogen-bond donors (Lipinski definition) is 0. The minimum Gasteiger partial charge on any atom is -0.298 e. The van der Waals surface area contributed by atoms with Crippen LogP contribution in [0.1, 0.15) is 62.8 Å². The Bertz CT molecular complexity index is 1780. The summed E-state index contributed by atoms with van der Waals surface area (Å²) in [5.41, 5.74) is 4.14. The zero-order chi connectivity index (χ0) is 29.3. The molecule has 0 heterocycles. The second-order valence-corrected chi connectivity index (χ2v) is 12.3. The third-order valence-electron chi connectivity index (χ3n) is 11.1. The van der Waals surface area contributed by atoms with Crippen LogP contribution >= 0.6 is 0 Å². The van der Waals surface area contributed by atoms with E-state index in [0.717, 1.165) is 44.5 Å². The van der Waals surface area contributed by atoms with Crippen LogP contribution in [0.2, 0.25) is 0 Å². The lowest BCUT2D eigenvalue weighted by atomic mass is 9.43. The summed E-state index contributed by atoms with van der Waals surface area (Å²) in [6, 6.07) is 41.6. The lowest BCUT2D eigenvalue weighted by molar-refractivity contribution is -0.136. The minimum absolute atomic E-state index is 0.118. The molecule has 1 saturated carbocycles. The molecule has 2 heteroatoms. The molecule has 0 amide bonds. The van der Waals surface area contributed by atoms with E-state index in [1.165, 1.54) is 0 Å². The summed E-state index contributed by atoms with van der Waals surface area (Å²) < 4.78 is 0. The Morgan fingerprint density at radius 1 is 0.548 bits per heavy atom. The highest BCUT2D eigenvalue weighted by Crippen LogP contribution is 2.86.